The fourth-order valence-corrected chi connectivity index (χ4v) is 2.69. The van der Waals surface area contributed by atoms with Crippen molar-refractivity contribution in [2.24, 2.45) is 0 Å². The number of aryl methyl sites for hydroxylation is 1. The first-order valence-corrected chi connectivity index (χ1v) is 7.75. The van der Waals surface area contributed by atoms with E-state index in [9.17, 15) is 5.11 Å². The number of aromatic nitrogens is 2. The minimum atomic E-state index is -0.735. The lowest BCUT2D eigenvalue weighted by Crippen LogP contribution is -2.32. The van der Waals surface area contributed by atoms with E-state index in [0.29, 0.717) is 18.9 Å². The van der Waals surface area contributed by atoms with Crippen LogP contribution in [0.25, 0.3) is 10.2 Å². The van der Waals surface area contributed by atoms with Crippen molar-refractivity contribution < 1.29 is 5.11 Å². The van der Waals surface area contributed by atoms with Crippen LogP contribution >= 0.6 is 11.3 Å². The molecule has 2 rings (SSSR count). The highest BCUT2D eigenvalue weighted by Crippen LogP contribution is 2.29. The lowest BCUT2D eigenvalue weighted by Gasteiger charge is -2.22. The molecule has 0 bridgehead atoms. The largest absolute Gasteiger partial charge is 0.388 e. The van der Waals surface area contributed by atoms with Crippen LogP contribution in [0.3, 0.4) is 0 Å². The maximum atomic E-state index is 10.1. The number of hydrogen-bond acceptors (Lipinski definition) is 6. The molecular formula is C14H22N4OS. The molecule has 0 saturated carbocycles. The van der Waals surface area contributed by atoms with E-state index in [1.54, 1.807) is 11.3 Å². The van der Waals surface area contributed by atoms with E-state index in [0.717, 1.165) is 22.6 Å². The van der Waals surface area contributed by atoms with Crippen molar-refractivity contribution in [2.45, 2.75) is 39.7 Å². The third-order valence-electron chi connectivity index (χ3n) is 3.25. The van der Waals surface area contributed by atoms with Crippen LogP contribution < -0.4 is 10.6 Å². The summed E-state index contributed by atoms with van der Waals surface area (Å²) in [5, 5.41) is 17.5. The van der Waals surface area contributed by atoms with Gasteiger partial charge in [-0.1, -0.05) is 6.92 Å². The molecule has 0 aliphatic carbocycles. The van der Waals surface area contributed by atoms with Gasteiger partial charge in [-0.15, -0.1) is 11.3 Å². The van der Waals surface area contributed by atoms with Crippen molar-refractivity contribution in [3.8, 4) is 0 Å². The smallest absolute Gasteiger partial charge is 0.226 e. The Morgan fingerprint density at radius 2 is 2.05 bits per heavy atom. The molecule has 0 radical (unpaired) electrons. The van der Waals surface area contributed by atoms with Crippen LogP contribution in [0.4, 0.5) is 11.8 Å². The summed E-state index contributed by atoms with van der Waals surface area (Å²) in [5.41, 5.74) is -0.735. The maximum absolute atomic E-state index is 10.1. The molecule has 3 N–H and O–H groups in total. The molecule has 0 aliphatic rings. The van der Waals surface area contributed by atoms with Crippen molar-refractivity contribution in [1.29, 1.82) is 0 Å². The molecule has 2 aromatic heterocycles. The molecule has 5 nitrogen and oxygen atoms in total. The third-order valence-corrected chi connectivity index (χ3v) is 4.19. The van der Waals surface area contributed by atoms with Gasteiger partial charge in [0.2, 0.25) is 5.95 Å². The van der Waals surface area contributed by atoms with Gasteiger partial charge in [0, 0.05) is 18.0 Å². The van der Waals surface area contributed by atoms with Gasteiger partial charge < -0.3 is 15.7 Å². The Balaban J connectivity index is 2.34. The Morgan fingerprint density at radius 3 is 2.70 bits per heavy atom. The van der Waals surface area contributed by atoms with Gasteiger partial charge in [0.25, 0.3) is 0 Å². The second-order valence-corrected chi connectivity index (χ2v) is 6.44. The Kier molecular flexibility index (Phi) is 4.45. The predicted molar refractivity (Wildman–Crippen MR) is 85.7 cm³/mol. The predicted octanol–water partition coefficient (Wildman–Crippen LogP) is 3.00. The van der Waals surface area contributed by atoms with E-state index >= 15 is 0 Å². The van der Waals surface area contributed by atoms with Crippen LogP contribution in [-0.4, -0.2) is 33.8 Å². The number of thiophene rings is 1. The zero-order valence-electron chi connectivity index (χ0n) is 12.4. The number of nitrogens with zero attached hydrogens (tertiary/aromatic N) is 2. The second kappa shape index (κ2) is 5.93. The van der Waals surface area contributed by atoms with Gasteiger partial charge in [-0.25, -0.2) is 4.98 Å². The zero-order valence-corrected chi connectivity index (χ0v) is 13.3. The van der Waals surface area contributed by atoms with Crippen molar-refractivity contribution in [1.82, 2.24) is 9.97 Å². The van der Waals surface area contributed by atoms with Crippen LogP contribution in [0.2, 0.25) is 0 Å². The molecule has 0 spiro atoms. The topological polar surface area (TPSA) is 70.1 Å². The average molecular weight is 294 g/mol. The van der Waals surface area contributed by atoms with Gasteiger partial charge in [0.1, 0.15) is 10.6 Å². The minimum Gasteiger partial charge on any atom is -0.388 e. The first-order chi connectivity index (χ1) is 9.45. The molecule has 0 fully saturated rings. The van der Waals surface area contributed by atoms with Crippen molar-refractivity contribution in [2.75, 3.05) is 23.7 Å². The van der Waals surface area contributed by atoms with Gasteiger partial charge >= 0.3 is 0 Å². The van der Waals surface area contributed by atoms with Crippen molar-refractivity contribution >= 4 is 33.3 Å². The molecule has 0 amide bonds. The Labute approximate surface area is 123 Å². The van der Waals surface area contributed by atoms with E-state index in [-0.39, 0.29) is 0 Å². The standard InChI is InChI=1S/C14H22N4OS/c1-5-14(4,19)8-16-11-10-7-9(3)20-12(10)18-13(17-11)15-6-2/h7,19H,5-6,8H2,1-4H3,(H2,15,16,17,18). The summed E-state index contributed by atoms with van der Waals surface area (Å²) >= 11 is 1.65. The molecule has 2 heterocycles. The quantitative estimate of drug-likeness (QED) is 0.764. The molecular weight excluding hydrogens is 272 g/mol. The van der Waals surface area contributed by atoms with Crippen molar-refractivity contribution in [3.63, 3.8) is 0 Å². The van der Waals surface area contributed by atoms with Gasteiger partial charge in [-0.3, -0.25) is 0 Å². The summed E-state index contributed by atoms with van der Waals surface area (Å²) in [6.45, 7) is 9.12. The molecule has 0 saturated heterocycles. The minimum absolute atomic E-state index is 0.468. The van der Waals surface area contributed by atoms with E-state index < -0.39 is 5.60 Å². The molecule has 2 aromatic rings. The summed E-state index contributed by atoms with van der Waals surface area (Å²) in [4.78, 5) is 11.2. The Hall–Kier alpha value is -1.40. The number of hydrogen-bond donors (Lipinski definition) is 3. The van der Waals surface area contributed by atoms with Gasteiger partial charge in [-0.05, 0) is 33.3 Å². The summed E-state index contributed by atoms with van der Waals surface area (Å²) in [7, 11) is 0. The normalized spacial score (nSPS) is 14.2. The highest BCUT2D eigenvalue weighted by molar-refractivity contribution is 7.18. The highest BCUT2D eigenvalue weighted by Gasteiger charge is 2.18. The van der Waals surface area contributed by atoms with E-state index in [1.165, 1.54) is 4.88 Å². The lowest BCUT2D eigenvalue weighted by molar-refractivity contribution is 0.0697. The van der Waals surface area contributed by atoms with E-state index in [1.807, 2.05) is 20.8 Å². The Bertz CT molecular complexity index is 594. The SMILES string of the molecule is CCNc1nc(NCC(C)(O)CC)c2cc(C)sc2n1. The van der Waals surface area contributed by atoms with Gasteiger partial charge in [-0.2, -0.15) is 4.98 Å². The number of anilines is 2. The summed E-state index contributed by atoms with van der Waals surface area (Å²) in [6, 6.07) is 2.08. The number of fused-ring (bicyclic) bond motifs is 1. The first kappa shape index (κ1) is 15.0. The monoisotopic (exact) mass is 294 g/mol. The fraction of sp³-hybridized carbons (Fsp3) is 0.571. The summed E-state index contributed by atoms with van der Waals surface area (Å²) < 4.78 is 0. The van der Waals surface area contributed by atoms with Gasteiger partial charge in [0.15, 0.2) is 0 Å². The molecule has 0 aliphatic heterocycles. The van der Waals surface area contributed by atoms with E-state index in [4.69, 9.17) is 0 Å². The first-order valence-electron chi connectivity index (χ1n) is 6.93. The number of aliphatic hydroxyl groups is 1. The lowest BCUT2D eigenvalue weighted by atomic mass is 10.0. The molecule has 1 unspecified atom stereocenters. The van der Waals surface area contributed by atoms with Crippen LogP contribution in [0.15, 0.2) is 6.07 Å². The number of rotatable bonds is 6. The Morgan fingerprint density at radius 1 is 1.30 bits per heavy atom. The number of nitrogens with one attached hydrogen (secondary N) is 2. The van der Waals surface area contributed by atoms with Crippen LogP contribution in [0, 0.1) is 6.92 Å². The maximum Gasteiger partial charge on any atom is 0.226 e. The average Bonchev–Trinajstić information content (AvgIpc) is 2.77. The molecule has 0 aromatic carbocycles. The molecule has 20 heavy (non-hydrogen) atoms. The third kappa shape index (κ3) is 3.37. The molecule has 110 valence electrons. The zero-order chi connectivity index (χ0) is 14.8. The van der Waals surface area contributed by atoms with Crippen LogP contribution in [0.5, 0.6) is 0 Å². The van der Waals surface area contributed by atoms with Crippen LogP contribution in [0.1, 0.15) is 32.1 Å². The summed E-state index contributed by atoms with van der Waals surface area (Å²) in [6.07, 6.45) is 0.691. The van der Waals surface area contributed by atoms with Crippen LogP contribution in [-0.2, 0) is 0 Å². The fourth-order valence-electron chi connectivity index (χ4n) is 1.81. The summed E-state index contributed by atoms with van der Waals surface area (Å²) in [5.74, 6) is 1.41. The van der Waals surface area contributed by atoms with Gasteiger partial charge in [0.05, 0.1) is 11.0 Å². The second-order valence-electron chi connectivity index (χ2n) is 5.21. The molecule has 6 heteroatoms. The molecule has 1 atom stereocenters. The van der Waals surface area contributed by atoms with E-state index in [2.05, 4.69) is 33.6 Å². The highest BCUT2D eigenvalue weighted by atomic mass is 32.1. The van der Waals surface area contributed by atoms with Crippen molar-refractivity contribution in [3.05, 3.63) is 10.9 Å².